The van der Waals surface area contributed by atoms with E-state index in [0.29, 0.717) is 24.4 Å². The topological polar surface area (TPSA) is 87.7 Å². The van der Waals surface area contributed by atoms with Crippen LogP contribution in [0.25, 0.3) is 0 Å². The Morgan fingerprint density at radius 1 is 0.767 bits per heavy atom. The normalized spacial score (nSPS) is 13.5. The number of carbonyl (C=O) groups excluding carboxylic acids is 3. The number of amides is 3. The molecule has 0 aliphatic carbocycles. The van der Waals surface area contributed by atoms with E-state index in [9.17, 15) is 14.4 Å². The number of carbonyl (C=O) groups is 3. The largest absolute Gasteiger partial charge is 0.444 e. The molecule has 7 heteroatoms. The smallest absolute Gasteiger partial charge is 0.408 e. The minimum atomic E-state index is -0.952. The van der Waals surface area contributed by atoms with E-state index < -0.39 is 23.8 Å². The first-order valence-corrected chi connectivity index (χ1v) is 15.2. The van der Waals surface area contributed by atoms with Crippen molar-refractivity contribution in [1.82, 2.24) is 15.5 Å². The molecule has 3 aromatic rings. The Morgan fingerprint density at radius 2 is 1.30 bits per heavy atom. The second-order valence-electron chi connectivity index (χ2n) is 12.5. The molecule has 3 unspecified atom stereocenters. The third-order valence-corrected chi connectivity index (χ3v) is 7.11. The lowest BCUT2D eigenvalue weighted by Gasteiger charge is -2.39. The van der Waals surface area contributed by atoms with Gasteiger partial charge in [0, 0.05) is 19.0 Å². The highest BCUT2D eigenvalue weighted by Gasteiger charge is 2.39. The molecule has 0 radical (unpaired) electrons. The molecule has 0 aliphatic heterocycles. The van der Waals surface area contributed by atoms with Gasteiger partial charge in [-0.15, -0.1) is 0 Å². The maximum Gasteiger partial charge on any atom is 0.408 e. The van der Waals surface area contributed by atoms with E-state index in [1.165, 1.54) is 0 Å². The molecule has 7 nitrogen and oxygen atoms in total. The molecule has 0 bridgehead atoms. The van der Waals surface area contributed by atoms with Crippen molar-refractivity contribution in [2.45, 2.75) is 91.1 Å². The van der Waals surface area contributed by atoms with Crippen molar-refractivity contribution in [3.8, 4) is 0 Å². The molecule has 0 fully saturated rings. The van der Waals surface area contributed by atoms with Crippen LogP contribution >= 0.6 is 0 Å². The minimum absolute atomic E-state index is 0.249. The molecular weight excluding hydrogens is 538 g/mol. The summed E-state index contributed by atoms with van der Waals surface area (Å²) < 4.78 is 5.56. The van der Waals surface area contributed by atoms with Crippen LogP contribution in [-0.2, 0) is 27.3 Å². The number of nitrogens with zero attached hydrogens (tertiary/aromatic N) is 1. The molecule has 0 heterocycles. The molecule has 2 N–H and O–H groups in total. The molecule has 0 saturated heterocycles. The number of ether oxygens (including phenoxy) is 1. The van der Waals surface area contributed by atoms with Gasteiger partial charge in [0.1, 0.15) is 17.7 Å². The second kappa shape index (κ2) is 15.9. The van der Waals surface area contributed by atoms with Crippen molar-refractivity contribution in [1.29, 1.82) is 0 Å². The Balaban J connectivity index is 2.04. The molecule has 230 valence electrons. The van der Waals surface area contributed by atoms with Gasteiger partial charge in [0.05, 0.1) is 0 Å². The molecule has 0 spiro atoms. The Labute approximate surface area is 257 Å². The molecule has 3 atom stereocenters. The van der Waals surface area contributed by atoms with Crippen LogP contribution in [0.5, 0.6) is 0 Å². The Bertz CT molecular complexity index is 1290. The molecule has 3 rings (SSSR count). The maximum atomic E-state index is 14.7. The first kappa shape index (κ1) is 33.4. The van der Waals surface area contributed by atoms with Crippen molar-refractivity contribution in [3.63, 3.8) is 0 Å². The molecule has 0 aromatic heterocycles. The summed E-state index contributed by atoms with van der Waals surface area (Å²) in [5, 5.41) is 5.91. The van der Waals surface area contributed by atoms with Crippen molar-refractivity contribution in [2.75, 3.05) is 0 Å². The maximum absolute atomic E-state index is 14.7. The predicted octanol–water partition coefficient (Wildman–Crippen LogP) is 6.83. The van der Waals surface area contributed by atoms with Gasteiger partial charge >= 0.3 is 6.09 Å². The highest BCUT2D eigenvalue weighted by Crippen LogP contribution is 2.28. The van der Waals surface area contributed by atoms with Gasteiger partial charge < -0.3 is 20.3 Å². The van der Waals surface area contributed by atoms with Crippen LogP contribution < -0.4 is 10.6 Å². The minimum Gasteiger partial charge on any atom is -0.444 e. The first-order chi connectivity index (χ1) is 20.4. The van der Waals surface area contributed by atoms with E-state index in [0.717, 1.165) is 17.5 Å². The van der Waals surface area contributed by atoms with E-state index in [2.05, 4.69) is 24.5 Å². The summed E-state index contributed by atoms with van der Waals surface area (Å²) in [5.41, 5.74) is 1.81. The van der Waals surface area contributed by atoms with Crippen LogP contribution in [0, 0.1) is 5.92 Å². The lowest BCUT2D eigenvalue weighted by molar-refractivity contribution is -0.145. The van der Waals surface area contributed by atoms with Gasteiger partial charge in [-0.2, -0.15) is 0 Å². The molecule has 3 aromatic carbocycles. The number of hydrogen-bond acceptors (Lipinski definition) is 4. The van der Waals surface area contributed by atoms with Gasteiger partial charge in [0.15, 0.2) is 0 Å². The number of rotatable bonds is 13. The number of alkyl carbamates (subject to hydrolysis) is 1. The fourth-order valence-electron chi connectivity index (χ4n) is 4.95. The molecule has 0 saturated carbocycles. The van der Waals surface area contributed by atoms with E-state index in [1.807, 2.05) is 97.9 Å². The van der Waals surface area contributed by atoms with Crippen LogP contribution in [0.4, 0.5) is 4.79 Å². The number of hydrogen-bond donors (Lipinski definition) is 2. The molecule has 43 heavy (non-hydrogen) atoms. The van der Waals surface area contributed by atoms with Crippen LogP contribution in [0.1, 0.15) is 77.1 Å². The van der Waals surface area contributed by atoms with Gasteiger partial charge in [0.2, 0.25) is 11.8 Å². The van der Waals surface area contributed by atoms with Gasteiger partial charge in [-0.05, 0) is 63.1 Å². The Hall–Kier alpha value is -4.13. The zero-order chi connectivity index (χ0) is 31.4. The van der Waals surface area contributed by atoms with Gasteiger partial charge in [-0.3, -0.25) is 9.59 Å². The van der Waals surface area contributed by atoms with Crippen molar-refractivity contribution in [2.24, 2.45) is 5.92 Å². The zero-order valence-electron chi connectivity index (χ0n) is 26.4. The van der Waals surface area contributed by atoms with E-state index in [-0.39, 0.29) is 24.3 Å². The summed E-state index contributed by atoms with van der Waals surface area (Å²) in [6.07, 6.45) is 1.14. The van der Waals surface area contributed by atoms with Gasteiger partial charge in [0.25, 0.3) is 0 Å². The lowest BCUT2D eigenvalue weighted by Crippen LogP contribution is -2.56. The first-order valence-electron chi connectivity index (χ1n) is 15.2. The summed E-state index contributed by atoms with van der Waals surface area (Å²) >= 11 is 0. The van der Waals surface area contributed by atoms with Crippen LogP contribution in [0.15, 0.2) is 91.0 Å². The van der Waals surface area contributed by atoms with Crippen LogP contribution in [0.2, 0.25) is 0 Å². The van der Waals surface area contributed by atoms with Crippen LogP contribution in [0.3, 0.4) is 0 Å². The van der Waals surface area contributed by atoms with E-state index in [1.54, 1.807) is 25.7 Å². The summed E-state index contributed by atoms with van der Waals surface area (Å²) in [7, 11) is 0. The molecule has 0 aliphatic rings. The summed E-state index contributed by atoms with van der Waals surface area (Å²) in [6.45, 7) is 11.9. The van der Waals surface area contributed by atoms with Gasteiger partial charge in [-0.25, -0.2) is 4.79 Å². The van der Waals surface area contributed by atoms with Crippen molar-refractivity contribution >= 4 is 17.9 Å². The Morgan fingerprint density at radius 3 is 1.84 bits per heavy atom. The molecule has 3 amide bonds. The SMILES string of the molecule is CC(C)CCC(C)N(C(=O)C(Cc1ccccc1)NC(=O)OC(C)(C)C)C(C(=O)NCc1ccccc1)c1ccccc1. The van der Waals surface area contributed by atoms with E-state index in [4.69, 9.17) is 4.74 Å². The fourth-order valence-corrected chi connectivity index (χ4v) is 4.95. The Kier molecular flexibility index (Phi) is 12.4. The van der Waals surface area contributed by atoms with Gasteiger partial charge in [-0.1, -0.05) is 105 Å². The number of benzene rings is 3. The average molecular weight is 586 g/mol. The highest BCUT2D eigenvalue weighted by atomic mass is 16.6. The third-order valence-electron chi connectivity index (χ3n) is 7.11. The number of nitrogens with one attached hydrogen (secondary N) is 2. The molecular formula is C36H47N3O4. The lowest BCUT2D eigenvalue weighted by atomic mass is 9.96. The van der Waals surface area contributed by atoms with Crippen molar-refractivity contribution < 1.29 is 19.1 Å². The average Bonchev–Trinajstić information content (AvgIpc) is 2.97. The zero-order valence-corrected chi connectivity index (χ0v) is 26.4. The predicted molar refractivity (Wildman–Crippen MR) is 171 cm³/mol. The van der Waals surface area contributed by atoms with Crippen LogP contribution in [-0.4, -0.2) is 40.5 Å². The quantitative estimate of drug-likeness (QED) is 0.230. The standard InChI is InChI=1S/C36H47N3O4/c1-26(2)22-23-27(3)39(32(30-20-14-9-15-21-30)33(40)37-25-29-18-12-8-13-19-29)34(41)31(24-28-16-10-7-11-17-28)38-35(42)43-36(4,5)6/h7-21,26-27,31-32H,22-25H2,1-6H3,(H,37,40)(H,38,42). The second-order valence-corrected chi connectivity index (χ2v) is 12.5. The summed E-state index contributed by atoms with van der Waals surface area (Å²) in [5.74, 6) is -0.202. The summed E-state index contributed by atoms with van der Waals surface area (Å²) in [4.78, 5) is 43.5. The third kappa shape index (κ3) is 10.9. The summed E-state index contributed by atoms with van der Waals surface area (Å²) in [6, 6.07) is 26.5. The van der Waals surface area contributed by atoms with Crippen molar-refractivity contribution in [3.05, 3.63) is 108 Å². The highest BCUT2D eigenvalue weighted by molar-refractivity contribution is 5.92. The van der Waals surface area contributed by atoms with E-state index >= 15 is 0 Å². The fraction of sp³-hybridized carbons (Fsp3) is 0.417. The monoisotopic (exact) mass is 585 g/mol.